The topological polar surface area (TPSA) is 51.6 Å². The molecule has 0 saturated carbocycles. The Bertz CT molecular complexity index is 308. The molecule has 0 aromatic carbocycles. The van der Waals surface area contributed by atoms with Crippen molar-refractivity contribution in [3.8, 4) is 11.4 Å². The maximum atomic E-state index is 4.04. The largest absolute Gasteiger partial charge is 0.236 e. The third-order valence-electron chi connectivity index (χ3n) is 1.36. The second-order valence-electron chi connectivity index (χ2n) is 2.14. The molecule has 12 heavy (non-hydrogen) atoms. The lowest BCUT2D eigenvalue weighted by atomic mass is 10.3. The van der Waals surface area contributed by atoms with Gasteiger partial charge in [-0.3, -0.25) is 0 Å². The van der Waals surface area contributed by atoms with Crippen molar-refractivity contribution in [2.75, 3.05) is 0 Å². The summed E-state index contributed by atoms with van der Waals surface area (Å²) in [6.45, 7) is 0. The van der Waals surface area contributed by atoms with Gasteiger partial charge in [0.1, 0.15) is 0 Å². The first-order valence-corrected chi connectivity index (χ1v) is 3.43. The van der Waals surface area contributed by atoms with Crippen LogP contribution in [0.1, 0.15) is 0 Å². The van der Waals surface area contributed by atoms with Gasteiger partial charge in [-0.05, 0) is 12.1 Å². The second kappa shape index (κ2) is 3.04. The van der Waals surface area contributed by atoms with E-state index in [4.69, 9.17) is 0 Å². The molecule has 4 heteroatoms. The summed E-state index contributed by atoms with van der Waals surface area (Å²) in [4.78, 5) is 7.98. The molecule has 0 N–H and O–H groups in total. The first-order valence-electron chi connectivity index (χ1n) is 3.43. The summed E-state index contributed by atoms with van der Waals surface area (Å²) in [6.07, 6.45) is 7.56. The molecule has 2 aromatic heterocycles. The maximum absolute atomic E-state index is 4.04. The van der Waals surface area contributed by atoms with Gasteiger partial charge < -0.3 is 0 Å². The van der Waals surface area contributed by atoms with Crippen LogP contribution in [-0.2, 0) is 0 Å². The van der Waals surface area contributed by atoms with E-state index < -0.39 is 0 Å². The molecule has 0 bridgehead atoms. The molecule has 0 saturated heterocycles. The first kappa shape index (κ1) is 6.84. The van der Waals surface area contributed by atoms with Gasteiger partial charge in [-0.25, -0.2) is 9.97 Å². The highest BCUT2D eigenvalue weighted by molar-refractivity contribution is 5.51. The van der Waals surface area contributed by atoms with Crippen LogP contribution < -0.4 is 0 Å². The van der Waals surface area contributed by atoms with Crippen LogP contribution in [0.5, 0.6) is 0 Å². The number of nitrogens with zero attached hydrogens (tertiary/aromatic N) is 4. The fourth-order valence-corrected chi connectivity index (χ4v) is 0.831. The van der Waals surface area contributed by atoms with Crippen LogP contribution in [0, 0.1) is 6.20 Å². The third kappa shape index (κ3) is 1.27. The predicted octanol–water partition coefficient (Wildman–Crippen LogP) is 0.734. The van der Waals surface area contributed by atoms with Crippen LogP contribution in [0.3, 0.4) is 0 Å². The van der Waals surface area contributed by atoms with Crippen molar-refractivity contribution in [3.05, 3.63) is 36.9 Å². The Labute approximate surface area is 69.3 Å². The summed E-state index contributed by atoms with van der Waals surface area (Å²) in [5, 5.41) is 7.37. The Morgan fingerprint density at radius 3 is 2.83 bits per heavy atom. The third-order valence-corrected chi connectivity index (χ3v) is 1.36. The van der Waals surface area contributed by atoms with Gasteiger partial charge >= 0.3 is 0 Å². The SMILES string of the molecule is [c]1ccnc(-c2ccnnc2)n1. The van der Waals surface area contributed by atoms with Crippen LogP contribution in [0.15, 0.2) is 30.7 Å². The van der Waals surface area contributed by atoms with Gasteiger partial charge in [-0.1, -0.05) is 0 Å². The summed E-state index contributed by atoms with van der Waals surface area (Å²) in [5.41, 5.74) is 0.849. The van der Waals surface area contributed by atoms with E-state index in [2.05, 4.69) is 26.4 Å². The number of rotatable bonds is 1. The zero-order valence-electron chi connectivity index (χ0n) is 6.18. The summed E-state index contributed by atoms with van der Waals surface area (Å²) in [7, 11) is 0. The standard InChI is InChI=1S/C8H5N4/c1-3-9-8(10-4-1)7-2-5-11-12-6-7/h1-3,5-6H. The van der Waals surface area contributed by atoms with Gasteiger partial charge in [0.15, 0.2) is 5.82 Å². The average Bonchev–Trinajstić information content (AvgIpc) is 2.21. The average molecular weight is 157 g/mol. The van der Waals surface area contributed by atoms with Crippen molar-refractivity contribution in [3.63, 3.8) is 0 Å². The highest BCUT2D eigenvalue weighted by atomic mass is 15.1. The molecule has 1 radical (unpaired) electrons. The van der Waals surface area contributed by atoms with E-state index in [1.807, 2.05) is 0 Å². The smallest absolute Gasteiger partial charge is 0.161 e. The molecule has 57 valence electrons. The van der Waals surface area contributed by atoms with Crippen molar-refractivity contribution in [2.45, 2.75) is 0 Å². The number of aromatic nitrogens is 4. The van der Waals surface area contributed by atoms with E-state index in [-0.39, 0.29) is 0 Å². The van der Waals surface area contributed by atoms with E-state index in [1.165, 1.54) is 0 Å². The Balaban J connectivity index is 2.46. The molecule has 0 aliphatic rings. The maximum Gasteiger partial charge on any atom is 0.161 e. The quantitative estimate of drug-likeness (QED) is 0.612. The van der Waals surface area contributed by atoms with Crippen LogP contribution >= 0.6 is 0 Å². The monoisotopic (exact) mass is 157 g/mol. The second-order valence-corrected chi connectivity index (χ2v) is 2.14. The van der Waals surface area contributed by atoms with Crippen LogP contribution in [0.4, 0.5) is 0 Å². The number of hydrogen-bond acceptors (Lipinski definition) is 4. The Morgan fingerprint density at radius 1 is 1.17 bits per heavy atom. The normalized spacial score (nSPS) is 9.67. The molecule has 4 nitrogen and oxygen atoms in total. The highest BCUT2D eigenvalue weighted by Gasteiger charge is 1.97. The molecular formula is C8H5N4. The Morgan fingerprint density at radius 2 is 2.17 bits per heavy atom. The van der Waals surface area contributed by atoms with Crippen LogP contribution in [0.2, 0.25) is 0 Å². The fourth-order valence-electron chi connectivity index (χ4n) is 0.831. The lowest BCUT2D eigenvalue weighted by molar-refractivity contribution is 1.02. The minimum atomic E-state index is 0.618. The van der Waals surface area contributed by atoms with Gasteiger partial charge in [0.05, 0.1) is 18.6 Å². The molecule has 2 heterocycles. The fraction of sp³-hybridized carbons (Fsp3) is 0. The summed E-state index contributed by atoms with van der Waals surface area (Å²) >= 11 is 0. The van der Waals surface area contributed by atoms with Crippen LogP contribution in [-0.4, -0.2) is 20.2 Å². The molecule has 0 amide bonds. The molecule has 0 unspecified atom stereocenters. The predicted molar refractivity (Wildman–Crippen MR) is 41.9 cm³/mol. The zero-order valence-corrected chi connectivity index (χ0v) is 6.18. The molecular weight excluding hydrogens is 152 g/mol. The molecule has 0 aliphatic carbocycles. The van der Waals surface area contributed by atoms with Crippen molar-refractivity contribution < 1.29 is 0 Å². The van der Waals surface area contributed by atoms with Gasteiger partial charge in [-0.15, -0.1) is 0 Å². The Hall–Kier alpha value is -1.84. The van der Waals surface area contributed by atoms with E-state index in [0.29, 0.717) is 5.82 Å². The van der Waals surface area contributed by atoms with Gasteiger partial charge in [0.2, 0.25) is 0 Å². The van der Waals surface area contributed by atoms with Gasteiger partial charge in [0.25, 0.3) is 0 Å². The molecule has 0 atom stereocenters. The summed E-state index contributed by atoms with van der Waals surface area (Å²) < 4.78 is 0. The van der Waals surface area contributed by atoms with Crippen molar-refractivity contribution in [1.82, 2.24) is 20.2 Å². The van der Waals surface area contributed by atoms with E-state index in [0.717, 1.165) is 5.56 Å². The summed E-state index contributed by atoms with van der Waals surface area (Å²) in [6, 6.07) is 3.45. The first-order chi connectivity index (χ1) is 5.97. The Kier molecular flexibility index (Phi) is 1.74. The minimum Gasteiger partial charge on any atom is -0.236 e. The molecule has 2 aromatic rings. The molecule has 0 fully saturated rings. The highest BCUT2D eigenvalue weighted by Crippen LogP contribution is 2.08. The lowest BCUT2D eigenvalue weighted by Gasteiger charge is -1.94. The number of hydrogen-bond donors (Lipinski definition) is 0. The lowest BCUT2D eigenvalue weighted by Crippen LogP contribution is -1.88. The molecule has 0 aliphatic heterocycles. The zero-order chi connectivity index (χ0) is 8.23. The molecule has 2 rings (SSSR count). The van der Waals surface area contributed by atoms with E-state index >= 15 is 0 Å². The van der Waals surface area contributed by atoms with Crippen molar-refractivity contribution in [1.29, 1.82) is 0 Å². The van der Waals surface area contributed by atoms with E-state index in [1.54, 1.807) is 30.7 Å². The van der Waals surface area contributed by atoms with Gasteiger partial charge in [-0.2, -0.15) is 10.2 Å². The van der Waals surface area contributed by atoms with Crippen LogP contribution in [0.25, 0.3) is 11.4 Å². The van der Waals surface area contributed by atoms with Crippen molar-refractivity contribution in [2.24, 2.45) is 0 Å². The van der Waals surface area contributed by atoms with E-state index in [9.17, 15) is 0 Å². The summed E-state index contributed by atoms with van der Waals surface area (Å²) in [5.74, 6) is 0.618. The molecule has 0 spiro atoms. The van der Waals surface area contributed by atoms with Crippen molar-refractivity contribution >= 4 is 0 Å². The minimum absolute atomic E-state index is 0.618. The van der Waals surface area contributed by atoms with Gasteiger partial charge in [0, 0.05) is 11.8 Å².